The van der Waals surface area contributed by atoms with Crippen molar-refractivity contribution in [1.82, 2.24) is 9.62 Å². The van der Waals surface area contributed by atoms with Gasteiger partial charge in [-0.15, -0.1) is 11.3 Å². The minimum Gasteiger partial charge on any atom is -0.316 e. The molecule has 1 unspecified atom stereocenters. The standard InChI is InChI=1S/C9H13BrN2O2S2/c1-11-7-2-4-12(6-7)16(13,14)9-8(10)3-5-15-9/h3,5,7,11H,2,4,6H2,1H3. The summed E-state index contributed by atoms with van der Waals surface area (Å²) in [6, 6.07) is 2.04. The van der Waals surface area contributed by atoms with Crippen molar-refractivity contribution >= 4 is 37.3 Å². The van der Waals surface area contributed by atoms with Gasteiger partial charge >= 0.3 is 0 Å². The zero-order valence-corrected chi connectivity index (χ0v) is 12.0. The Morgan fingerprint density at radius 3 is 2.88 bits per heavy atom. The van der Waals surface area contributed by atoms with E-state index in [-0.39, 0.29) is 6.04 Å². The van der Waals surface area contributed by atoms with Gasteiger partial charge < -0.3 is 5.32 Å². The normalized spacial score (nSPS) is 22.8. The van der Waals surface area contributed by atoms with Gasteiger partial charge in [0.2, 0.25) is 0 Å². The Morgan fingerprint density at radius 1 is 1.62 bits per heavy atom. The molecule has 1 N–H and O–H groups in total. The third kappa shape index (κ3) is 2.19. The Labute approximate surface area is 108 Å². The summed E-state index contributed by atoms with van der Waals surface area (Å²) in [5.41, 5.74) is 0. The van der Waals surface area contributed by atoms with E-state index in [0.717, 1.165) is 6.42 Å². The van der Waals surface area contributed by atoms with Crippen LogP contribution < -0.4 is 5.32 Å². The molecule has 0 spiro atoms. The molecule has 1 aromatic rings. The van der Waals surface area contributed by atoms with Gasteiger partial charge in [0, 0.05) is 23.6 Å². The molecule has 1 aliphatic rings. The highest BCUT2D eigenvalue weighted by atomic mass is 79.9. The molecule has 0 saturated carbocycles. The van der Waals surface area contributed by atoms with Crippen LogP contribution in [0.2, 0.25) is 0 Å². The Bertz CT molecular complexity index is 472. The first-order valence-corrected chi connectivity index (χ1v) is 8.07. The number of likely N-dealkylation sites (N-methyl/N-ethyl adjacent to an activating group) is 1. The molecule has 1 atom stereocenters. The molecule has 4 nitrogen and oxygen atoms in total. The van der Waals surface area contributed by atoms with Crippen LogP contribution in [0.1, 0.15) is 6.42 Å². The fourth-order valence-electron chi connectivity index (χ4n) is 1.76. The van der Waals surface area contributed by atoms with Gasteiger partial charge in [0.05, 0.1) is 0 Å². The van der Waals surface area contributed by atoms with E-state index in [2.05, 4.69) is 21.2 Å². The Kier molecular flexibility index (Phi) is 3.70. The quantitative estimate of drug-likeness (QED) is 0.916. The second-order valence-electron chi connectivity index (χ2n) is 3.69. The molecule has 16 heavy (non-hydrogen) atoms. The highest BCUT2D eigenvalue weighted by Crippen LogP contribution is 2.31. The Hall–Kier alpha value is 0.0500. The first kappa shape index (κ1) is 12.5. The molecular weight excluding hydrogens is 312 g/mol. The van der Waals surface area contributed by atoms with Crippen LogP contribution in [0.5, 0.6) is 0 Å². The monoisotopic (exact) mass is 324 g/mol. The van der Waals surface area contributed by atoms with Crippen molar-refractivity contribution in [2.45, 2.75) is 16.7 Å². The van der Waals surface area contributed by atoms with Crippen LogP contribution in [0, 0.1) is 0 Å². The summed E-state index contributed by atoms with van der Waals surface area (Å²) in [4.78, 5) is 0. The number of nitrogens with one attached hydrogen (secondary N) is 1. The van der Waals surface area contributed by atoms with Crippen molar-refractivity contribution < 1.29 is 8.42 Å². The lowest BCUT2D eigenvalue weighted by Gasteiger charge is -2.15. The zero-order chi connectivity index (χ0) is 11.8. The van der Waals surface area contributed by atoms with E-state index in [1.165, 1.54) is 11.3 Å². The third-order valence-corrected chi connectivity index (χ3v) is 7.23. The third-order valence-electron chi connectivity index (χ3n) is 2.72. The number of thiophene rings is 1. The Morgan fingerprint density at radius 2 is 2.38 bits per heavy atom. The maximum absolute atomic E-state index is 12.3. The molecule has 1 saturated heterocycles. The van der Waals surface area contributed by atoms with Crippen LogP contribution in [-0.2, 0) is 10.0 Å². The van der Waals surface area contributed by atoms with Crippen LogP contribution >= 0.6 is 27.3 Å². The van der Waals surface area contributed by atoms with Crippen molar-refractivity contribution in [2.24, 2.45) is 0 Å². The number of hydrogen-bond acceptors (Lipinski definition) is 4. The van der Waals surface area contributed by atoms with Gasteiger partial charge in [-0.1, -0.05) is 0 Å². The van der Waals surface area contributed by atoms with Gasteiger partial charge in [-0.2, -0.15) is 4.31 Å². The van der Waals surface area contributed by atoms with E-state index < -0.39 is 10.0 Å². The highest BCUT2D eigenvalue weighted by molar-refractivity contribution is 9.10. The van der Waals surface area contributed by atoms with E-state index in [1.54, 1.807) is 15.8 Å². The molecule has 1 fully saturated rings. The molecule has 7 heteroatoms. The van der Waals surface area contributed by atoms with E-state index in [1.807, 2.05) is 7.05 Å². The minimum atomic E-state index is -3.30. The first-order chi connectivity index (χ1) is 7.55. The average Bonchev–Trinajstić information content (AvgIpc) is 2.85. The molecule has 0 aromatic carbocycles. The van der Waals surface area contributed by atoms with Gasteiger partial charge in [-0.25, -0.2) is 8.42 Å². The van der Waals surface area contributed by atoms with Gasteiger partial charge in [0.25, 0.3) is 10.0 Å². The summed E-state index contributed by atoms with van der Waals surface area (Å²) in [6.45, 7) is 1.15. The maximum Gasteiger partial charge on any atom is 0.253 e. The van der Waals surface area contributed by atoms with Crippen LogP contribution in [0.15, 0.2) is 20.1 Å². The van der Waals surface area contributed by atoms with Crippen molar-refractivity contribution in [3.05, 3.63) is 15.9 Å². The predicted octanol–water partition coefficient (Wildman–Crippen LogP) is 1.49. The summed E-state index contributed by atoms with van der Waals surface area (Å²) in [5, 5.41) is 4.89. The van der Waals surface area contributed by atoms with Gasteiger partial charge in [0.15, 0.2) is 0 Å². The lowest BCUT2D eigenvalue weighted by atomic mass is 10.3. The molecule has 0 amide bonds. The molecule has 0 bridgehead atoms. The second-order valence-corrected chi connectivity index (χ2v) is 7.60. The fourth-order valence-corrected chi connectivity index (χ4v) is 5.71. The van der Waals surface area contributed by atoms with Crippen molar-refractivity contribution in [1.29, 1.82) is 0 Å². The summed E-state index contributed by atoms with van der Waals surface area (Å²) in [5.74, 6) is 0. The molecule has 2 rings (SSSR count). The molecule has 1 aliphatic heterocycles. The Balaban J connectivity index is 2.25. The van der Waals surface area contributed by atoms with E-state index in [9.17, 15) is 8.42 Å². The lowest BCUT2D eigenvalue weighted by Crippen LogP contribution is -2.33. The van der Waals surface area contributed by atoms with Gasteiger partial charge in [-0.05, 0) is 40.8 Å². The number of sulfonamides is 1. The van der Waals surface area contributed by atoms with E-state index >= 15 is 0 Å². The molecule has 2 heterocycles. The van der Waals surface area contributed by atoms with E-state index in [4.69, 9.17) is 0 Å². The molecule has 0 aliphatic carbocycles. The number of nitrogens with zero attached hydrogens (tertiary/aromatic N) is 1. The molecule has 0 radical (unpaired) electrons. The second kappa shape index (κ2) is 4.73. The molecule has 1 aromatic heterocycles. The van der Waals surface area contributed by atoms with Crippen LogP contribution in [0.3, 0.4) is 0 Å². The van der Waals surface area contributed by atoms with E-state index in [0.29, 0.717) is 21.8 Å². The fraction of sp³-hybridized carbons (Fsp3) is 0.556. The SMILES string of the molecule is CNC1CCN(S(=O)(=O)c2sccc2Br)C1. The largest absolute Gasteiger partial charge is 0.316 e. The predicted molar refractivity (Wildman–Crippen MR) is 68.2 cm³/mol. The summed E-state index contributed by atoms with van der Waals surface area (Å²) >= 11 is 4.53. The minimum absolute atomic E-state index is 0.272. The maximum atomic E-state index is 12.3. The van der Waals surface area contributed by atoms with Crippen molar-refractivity contribution in [3.63, 3.8) is 0 Å². The number of hydrogen-bond donors (Lipinski definition) is 1. The molecular formula is C9H13BrN2O2S2. The van der Waals surface area contributed by atoms with Crippen LogP contribution in [-0.4, -0.2) is 38.9 Å². The lowest BCUT2D eigenvalue weighted by molar-refractivity contribution is 0.466. The van der Waals surface area contributed by atoms with Crippen LogP contribution in [0.25, 0.3) is 0 Å². The summed E-state index contributed by atoms with van der Waals surface area (Å²) in [6.07, 6.45) is 0.874. The average molecular weight is 325 g/mol. The van der Waals surface area contributed by atoms with Crippen LogP contribution in [0.4, 0.5) is 0 Å². The number of halogens is 1. The highest BCUT2D eigenvalue weighted by Gasteiger charge is 2.33. The summed E-state index contributed by atoms with van der Waals surface area (Å²) < 4.78 is 27.1. The molecule has 90 valence electrons. The topological polar surface area (TPSA) is 49.4 Å². The summed E-state index contributed by atoms with van der Waals surface area (Å²) in [7, 11) is -1.44. The first-order valence-electron chi connectivity index (χ1n) is 4.96. The van der Waals surface area contributed by atoms with Gasteiger partial charge in [-0.3, -0.25) is 0 Å². The van der Waals surface area contributed by atoms with Crippen molar-refractivity contribution in [2.75, 3.05) is 20.1 Å². The smallest absolute Gasteiger partial charge is 0.253 e. The van der Waals surface area contributed by atoms with Crippen molar-refractivity contribution in [3.8, 4) is 0 Å². The number of rotatable bonds is 3. The zero-order valence-electron chi connectivity index (χ0n) is 8.81. The van der Waals surface area contributed by atoms with Gasteiger partial charge in [0.1, 0.15) is 4.21 Å².